The summed E-state index contributed by atoms with van der Waals surface area (Å²) in [5.74, 6) is -4.29. The van der Waals surface area contributed by atoms with Crippen LogP contribution in [0.4, 0.5) is 13.2 Å². The van der Waals surface area contributed by atoms with Crippen LogP contribution in [0, 0.1) is 17.5 Å². The normalized spacial score (nSPS) is 11.5. The zero-order chi connectivity index (χ0) is 25.0. The largest absolute Gasteiger partial charge is 0.361 e. The first-order valence-electron chi connectivity index (χ1n) is 10.8. The minimum Gasteiger partial charge on any atom is -0.361 e. The van der Waals surface area contributed by atoms with Crippen LogP contribution in [0.5, 0.6) is 0 Å². The zero-order valence-corrected chi connectivity index (χ0v) is 18.3. The Balaban J connectivity index is 1.34. The summed E-state index contributed by atoms with van der Waals surface area (Å²) in [6.07, 6.45) is 6.17. The van der Waals surface area contributed by atoms with Crippen LogP contribution in [0.15, 0.2) is 66.0 Å². The molecule has 5 heterocycles. The molecule has 0 fully saturated rings. The van der Waals surface area contributed by atoms with E-state index in [1.807, 2.05) is 24.4 Å². The molecule has 0 unspecified atom stereocenters. The third-order valence-corrected chi connectivity index (χ3v) is 5.91. The summed E-state index contributed by atoms with van der Waals surface area (Å²) >= 11 is 0. The van der Waals surface area contributed by atoms with Crippen molar-refractivity contribution in [1.82, 2.24) is 29.5 Å². The second-order valence-corrected chi connectivity index (χ2v) is 8.18. The number of imidazole rings is 1. The van der Waals surface area contributed by atoms with Gasteiger partial charge in [0.15, 0.2) is 5.65 Å². The summed E-state index contributed by atoms with van der Waals surface area (Å²) in [6, 6.07) is 8.05. The van der Waals surface area contributed by atoms with Crippen molar-refractivity contribution in [3.63, 3.8) is 0 Å². The van der Waals surface area contributed by atoms with Gasteiger partial charge in [-0.25, -0.2) is 23.1 Å². The molecule has 6 aromatic rings. The standard InChI is InChI=1S/C25H15F3N6O2/c26-13-7-16(27)21(17(28)8-13)23(35)15-10-30-22-14(15)3-5-34(25(22)36)11-20-32-19-6-12(9-31-24(19)33-20)18-2-1-4-29-18/h1-10,29-30H,11H2,(H,31,32,33). The molecule has 6 rings (SSSR count). The quantitative estimate of drug-likeness (QED) is 0.314. The maximum Gasteiger partial charge on any atom is 0.275 e. The van der Waals surface area contributed by atoms with Gasteiger partial charge in [-0.3, -0.25) is 9.59 Å². The molecule has 1 aromatic carbocycles. The second kappa shape index (κ2) is 8.08. The van der Waals surface area contributed by atoms with E-state index < -0.39 is 34.4 Å². The highest BCUT2D eigenvalue weighted by atomic mass is 19.1. The number of ketones is 1. The van der Waals surface area contributed by atoms with Crippen LogP contribution < -0.4 is 5.56 Å². The molecule has 0 saturated carbocycles. The van der Waals surface area contributed by atoms with Crippen molar-refractivity contribution in [2.45, 2.75) is 6.54 Å². The Morgan fingerprint density at radius 2 is 1.86 bits per heavy atom. The molecule has 178 valence electrons. The van der Waals surface area contributed by atoms with Crippen LogP contribution in [0.25, 0.3) is 33.3 Å². The fourth-order valence-corrected chi connectivity index (χ4v) is 4.21. The molecule has 0 aliphatic carbocycles. The number of carbonyl (C=O) groups excluding carboxylic acids is 1. The van der Waals surface area contributed by atoms with E-state index in [-0.39, 0.29) is 23.0 Å². The number of pyridine rings is 2. The highest BCUT2D eigenvalue weighted by molar-refractivity contribution is 6.16. The Kier molecular flexibility index (Phi) is 4.85. The fraction of sp³-hybridized carbons (Fsp3) is 0.0400. The van der Waals surface area contributed by atoms with Gasteiger partial charge in [-0.2, -0.15) is 0 Å². The number of benzene rings is 1. The van der Waals surface area contributed by atoms with Crippen LogP contribution >= 0.6 is 0 Å². The van der Waals surface area contributed by atoms with Gasteiger partial charge in [0.05, 0.1) is 17.6 Å². The number of carbonyl (C=O) groups is 1. The molecule has 5 aromatic heterocycles. The fourth-order valence-electron chi connectivity index (χ4n) is 4.21. The van der Waals surface area contributed by atoms with E-state index in [9.17, 15) is 22.8 Å². The predicted octanol–water partition coefficient (Wildman–Crippen LogP) is 4.29. The van der Waals surface area contributed by atoms with Gasteiger partial charge >= 0.3 is 0 Å². The summed E-state index contributed by atoms with van der Waals surface area (Å²) in [5.41, 5.74) is 1.57. The van der Waals surface area contributed by atoms with Gasteiger partial charge in [0.25, 0.3) is 5.56 Å². The van der Waals surface area contributed by atoms with Crippen LogP contribution in [-0.4, -0.2) is 35.3 Å². The number of hydrogen-bond acceptors (Lipinski definition) is 4. The molecule has 0 amide bonds. The summed E-state index contributed by atoms with van der Waals surface area (Å²) in [4.78, 5) is 43.7. The lowest BCUT2D eigenvalue weighted by Gasteiger charge is -2.05. The first-order valence-corrected chi connectivity index (χ1v) is 10.8. The number of hydrogen-bond donors (Lipinski definition) is 3. The average Bonchev–Trinajstić information content (AvgIpc) is 3.59. The van der Waals surface area contributed by atoms with Crippen molar-refractivity contribution in [3.8, 4) is 11.3 Å². The summed E-state index contributed by atoms with van der Waals surface area (Å²) in [6.45, 7) is 0.0898. The summed E-state index contributed by atoms with van der Waals surface area (Å²) < 4.78 is 42.9. The number of nitrogens with zero attached hydrogens (tertiary/aromatic N) is 3. The van der Waals surface area contributed by atoms with Gasteiger partial charge in [-0.05, 0) is 24.3 Å². The van der Waals surface area contributed by atoms with E-state index in [4.69, 9.17) is 0 Å². The minimum atomic E-state index is -1.32. The van der Waals surface area contributed by atoms with Gasteiger partial charge in [0.1, 0.15) is 28.8 Å². The van der Waals surface area contributed by atoms with Crippen LogP contribution in [0.3, 0.4) is 0 Å². The van der Waals surface area contributed by atoms with Crippen LogP contribution in [0.1, 0.15) is 21.7 Å². The van der Waals surface area contributed by atoms with Crippen LogP contribution in [-0.2, 0) is 6.54 Å². The van der Waals surface area contributed by atoms with Crippen molar-refractivity contribution in [2.24, 2.45) is 0 Å². The van der Waals surface area contributed by atoms with Gasteiger partial charge in [0, 0.05) is 59.1 Å². The lowest BCUT2D eigenvalue weighted by atomic mass is 10.0. The van der Waals surface area contributed by atoms with Crippen molar-refractivity contribution >= 4 is 27.9 Å². The number of aromatic nitrogens is 6. The number of rotatable bonds is 5. The van der Waals surface area contributed by atoms with E-state index in [0.29, 0.717) is 29.1 Å². The third-order valence-electron chi connectivity index (χ3n) is 5.91. The molecule has 0 radical (unpaired) electrons. The topological polar surface area (TPSA) is 112 Å². The predicted molar refractivity (Wildman–Crippen MR) is 125 cm³/mol. The highest BCUT2D eigenvalue weighted by Gasteiger charge is 2.24. The number of halogens is 3. The molecule has 0 aliphatic rings. The Bertz CT molecular complexity index is 1830. The Hall–Kier alpha value is -4.93. The van der Waals surface area contributed by atoms with E-state index in [0.717, 1.165) is 11.3 Å². The number of H-pyrrole nitrogens is 3. The minimum absolute atomic E-state index is 0.0760. The molecule has 8 nitrogen and oxygen atoms in total. The smallest absolute Gasteiger partial charge is 0.275 e. The van der Waals surface area contributed by atoms with E-state index in [2.05, 4.69) is 24.9 Å². The zero-order valence-electron chi connectivity index (χ0n) is 18.3. The van der Waals surface area contributed by atoms with Gasteiger partial charge in [0.2, 0.25) is 5.78 Å². The Morgan fingerprint density at radius 1 is 1.06 bits per heavy atom. The molecule has 0 spiro atoms. The number of fused-ring (bicyclic) bond motifs is 2. The maximum absolute atomic E-state index is 14.1. The third kappa shape index (κ3) is 3.49. The van der Waals surface area contributed by atoms with E-state index in [1.54, 1.807) is 6.20 Å². The first-order chi connectivity index (χ1) is 17.4. The molecular formula is C25H15F3N6O2. The summed E-state index contributed by atoms with van der Waals surface area (Å²) in [5, 5.41) is 0.186. The first kappa shape index (κ1) is 21.6. The lowest BCUT2D eigenvalue weighted by molar-refractivity contribution is 0.103. The molecule has 11 heteroatoms. The molecule has 0 atom stereocenters. The molecule has 0 saturated heterocycles. The average molecular weight is 488 g/mol. The number of nitrogens with one attached hydrogen (secondary N) is 3. The Labute approximate surface area is 199 Å². The van der Waals surface area contributed by atoms with E-state index >= 15 is 0 Å². The van der Waals surface area contributed by atoms with Gasteiger partial charge in [-0.1, -0.05) is 0 Å². The van der Waals surface area contributed by atoms with Gasteiger partial charge < -0.3 is 19.5 Å². The van der Waals surface area contributed by atoms with E-state index in [1.165, 1.54) is 23.0 Å². The SMILES string of the molecule is O=C(c1c(F)cc(F)cc1F)c1c[nH]c2c(=O)n(Cc3nc4ncc(-c5ccc[nH]5)cc4[nH]3)ccc12. The molecule has 3 N–H and O–H groups in total. The molecule has 0 aliphatic heterocycles. The number of aromatic amines is 3. The van der Waals surface area contributed by atoms with Crippen molar-refractivity contribution in [2.75, 3.05) is 0 Å². The second-order valence-electron chi connectivity index (χ2n) is 8.18. The summed E-state index contributed by atoms with van der Waals surface area (Å²) in [7, 11) is 0. The Morgan fingerprint density at radius 3 is 2.61 bits per heavy atom. The highest BCUT2D eigenvalue weighted by Crippen LogP contribution is 2.24. The molecular weight excluding hydrogens is 473 g/mol. The van der Waals surface area contributed by atoms with Gasteiger partial charge in [-0.15, -0.1) is 0 Å². The lowest BCUT2D eigenvalue weighted by Crippen LogP contribution is -2.20. The van der Waals surface area contributed by atoms with Crippen LogP contribution in [0.2, 0.25) is 0 Å². The maximum atomic E-state index is 14.1. The van der Waals surface area contributed by atoms with Crippen molar-refractivity contribution in [3.05, 3.63) is 106 Å². The molecule has 0 bridgehead atoms. The molecule has 36 heavy (non-hydrogen) atoms. The van der Waals surface area contributed by atoms with Crippen molar-refractivity contribution < 1.29 is 18.0 Å². The van der Waals surface area contributed by atoms with Crippen molar-refractivity contribution in [1.29, 1.82) is 0 Å². The monoisotopic (exact) mass is 488 g/mol.